The van der Waals surface area contributed by atoms with Gasteiger partial charge in [-0.2, -0.15) is 5.10 Å². The van der Waals surface area contributed by atoms with Gasteiger partial charge in [-0.05, 0) is 47.1 Å². The van der Waals surface area contributed by atoms with Gasteiger partial charge in [0.15, 0.2) is 0 Å². The van der Waals surface area contributed by atoms with Gasteiger partial charge in [0.2, 0.25) is 0 Å². The van der Waals surface area contributed by atoms with Crippen molar-refractivity contribution in [3.05, 3.63) is 45.3 Å². The molecule has 1 aromatic heterocycles. The molecular weight excluding hydrogens is 350 g/mol. The summed E-state index contributed by atoms with van der Waals surface area (Å²) < 4.78 is 12.6. The van der Waals surface area contributed by atoms with Gasteiger partial charge in [-0.15, -0.1) is 0 Å². The molecule has 1 N–H and O–H groups in total. The number of aryl methyl sites for hydroxylation is 1. The highest BCUT2D eigenvalue weighted by atomic mass is 79.9. The van der Waals surface area contributed by atoms with Crippen LogP contribution in [0.2, 0.25) is 0 Å². The normalized spacial score (nSPS) is 11.8. The molecule has 1 unspecified atom stereocenters. The second kappa shape index (κ2) is 7.31. The highest BCUT2D eigenvalue weighted by Gasteiger charge is 2.09. The molecule has 0 spiro atoms. The van der Waals surface area contributed by atoms with Crippen molar-refractivity contribution in [2.45, 2.75) is 13.0 Å². The number of halogens is 1. The van der Waals surface area contributed by atoms with Gasteiger partial charge < -0.3 is 14.8 Å². The van der Waals surface area contributed by atoms with E-state index in [4.69, 9.17) is 9.47 Å². The lowest BCUT2D eigenvalue weighted by molar-refractivity contribution is 0.234. The standard InChI is InChI=1S/C15H18BrN3O3/c1-10(22-12-6-4-11(21-3)5-7-12)8-17-13-9-18-19(2)15(20)14(13)16/h4-7,9-10,17H,8H2,1-3H3. The fourth-order valence-corrected chi connectivity index (χ4v) is 2.32. The molecule has 0 aliphatic heterocycles. The van der Waals surface area contributed by atoms with Crippen LogP contribution in [-0.4, -0.2) is 29.5 Å². The van der Waals surface area contributed by atoms with Gasteiger partial charge in [0, 0.05) is 7.05 Å². The van der Waals surface area contributed by atoms with E-state index in [9.17, 15) is 4.79 Å². The van der Waals surface area contributed by atoms with Gasteiger partial charge in [0.1, 0.15) is 22.1 Å². The third-order valence-corrected chi connectivity index (χ3v) is 3.82. The number of methoxy groups -OCH3 is 1. The highest BCUT2D eigenvalue weighted by Crippen LogP contribution is 2.19. The predicted molar refractivity (Wildman–Crippen MR) is 88.8 cm³/mol. The zero-order valence-corrected chi connectivity index (χ0v) is 14.3. The van der Waals surface area contributed by atoms with Gasteiger partial charge in [0.05, 0.1) is 25.5 Å². The molecule has 0 radical (unpaired) electrons. The van der Waals surface area contributed by atoms with Gasteiger partial charge in [0.25, 0.3) is 5.56 Å². The molecule has 0 bridgehead atoms. The number of anilines is 1. The van der Waals surface area contributed by atoms with E-state index in [1.807, 2.05) is 31.2 Å². The molecule has 6 nitrogen and oxygen atoms in total. The summed E-state index contributed by atoms with van der Waals surface area (Å²) in [7, 11) is 3.23. The Morgan fingerprint density at radius 1 is 1.32 bits per heavy atom. The largest absolute Gasteiger partial charge is 0.497 e. The Labute approximate surface area is 137 Å². The Balaban J connectivity index is 1.93. The fourth-order valence-electron chi connectivity index (χ4n) is 1.82. The summed E-state index contributed by atoms with van der Waals surface area (Å²) in [5, 5.41) is 7.13. The fraction of sp³-hybridized carbons (Fsp3) is 0.333. The summed E-state index contributed by atoms with van der Waals surface area (Å²) in [4.78, 5) is 11.8. The molecule has 0 aliphatic carbocycles. The molecule has 1 atom stereocenters. The molecule has 0 amide bonds. The van der Waals surface area contributed by atoms with E-state index in [0.717, 1.165) is 11.5 Å². The van der Waals surface area contributed by atoms with Gasteiger partial charge >= 0.3 is 0 Å². The highest BCUT2D eigenvalue weighted by molar-refractivity contribution is 9.10. The number of hydrogen-bond donors (Lipinski definition) is 1. The first-order chi connectivity index (χ1) is 10.5. The van der Waals surface area contributed by atoms with Crippen molar-refractivity contribution in [1.82, 2.24) is 9.78 Å². The Kier molecular flexibility index (Phi) is 5.43. The minimum Gasteiger partial charge on any atom is -0.497 e. The topological polar surface area (TPSA) is 65.4 Å². The van der Waals surface area contributed by atoms with E-state index >= 15 is 0 Å². The maximum absolute atomic E-state index is 11.8. The number of nitrogens with one attached hydrogen (secondary N) is 1. The molecule has 1 heterocycles. The van der Waals surface area contributed by atoms with Gasteiger partial charge in [-0.3, -0.25) is 4.79 Å². The Hall–Kier alpha value is -2.02. The first-order valence-electron chi connectivity index (χ1n) is 6.77. The smallest absolute Gasteiger partial charge is 0.282 e. The quantitative estimate of drug-likeness (QED) is 0.849. The predicted octanol–water partition coefficient (Wildman–Crippen LogP) is 2.43. The van der Waals surface area contributed by atoms with Gasteiger partial charge in [-0.25, -0.2) is 4.68 Å². The summed E-state index contributed by atoms with van der Waals surface area (Å²) >= 11 is 3.27. The van der Waals surface area contributed by atoms with Crippen LogP contribution in [-0.2, 0) is 7.05 Å². The maximum atomic E-state index is 11.8. The summed E-state index contributed by atoms with van der Waals surface area (Å²) in [6, 6.07) is 7.39. The lowest BCUT2D eigenvalue weighted by Crippen LogP contribution is -2.26. The minimum atomic E-state index is -0.186. The average molecular weight is 368 g/mol. The van der Waals surface area contributed by atoms with E-state index in [2.05, 4.69) is 26.3 Å². The second-order valence-electron chi connectivity index (χ2n) is 4.79. The van der Waals surface area contributed by atoms with E-state index in [-0.39, 0.29) is 11.7 Å². The molecule has 0 aliphatic rings. The van der Waals surface area contributed by atoms with Crippen LogP contribution in [0, 0.1) is 0 Å². The summed E-state index contributed by atoms with van der Waals surface area (Å²) in [6.07, 6.45) is 1.52. The van der Waals surface area contributed by atoms with Crippen LogP contribution >= 0.6 is 15.9 Å². The second-order valence-corrected chi connectivity index (χ2v) is 5.58. The molecule has 22 heavy (non-hydrogen) atoms. The lowest BCUT2D eigenvalue weighted by atomic mass is 10.3. The van der Waals surface area contributed by atoms with Crippen molar-refractivity contribution in [2.75, 3.05) is 19.0 Å². The Morgan fingerprint density at radius 3 is 2.59 bits per heavy atom. The number of nitrogens with zero attached hydrogens (tertiary/aromatic N) is 2. The van der Waals surface area contributed by atoms with Crippen LogP contribution in [0.1, 0.15) is 6.92 Å². The SMILES string of the molecule is COc1ccc(OC(C)CNc2cnn(C)c(=O)c2Br)cc1. The molecule has 2 rings (SSSR count). The van der Waals surface area contributed by atoms with Crippen LogP contribution in [0.5, 0.6) is 11.5 Å². The molecule has 2 aromatic rings. The Morgan fingerprint density at radius 2 is 1.95 bits per heavy atom. The molecule has 0 saturated heterocycles. The summed E-state index contributed by atoms with van der Waals surface area (Å²) in [5.74, 6) is 1.55. The zero-order chi connectivity index (χ0) is 16.1. The molecular formula is C15H18BrN3O3. The third kappa shape index (κ3) is 4.00. The van der Waals surface area contributed by atoms with Gasteiger partial charge in [-0.1, -0.05) is 0 Å². The van der Waals surface area contributed by atoms with Crippen molar-refractivity contribution in [2.24, 2.45) is 7.05 Å². The monoisotopic (exact) mass is 367 g/mol. The Bertz CT molecular complexity index is 685. The first kappa shape index (κ1) is 16.4. The number of rotatable bonds is 6. The van der Waals surface area contributed by atoms with Crippen molar-refractivity contribution < 1.29 is 9.47 Å². The molecule has 118 valence electrons. The molecule has 1 aromatic carbocycles. The zero-order valence-electron chi connectivity index (χ0n) is 12.7. The van der Waals surface area contributed by atoms with Crippen LogP contribution in [0.4, 0.5) is 5.69 Å². The van der Waals surface area contributed by atoms with Crippen LogP contribution in [0.15, 0.2) is 39.7 Å². The lowest BCUT2D eigenvalue weighted by Gasteiger charge is -2.17. The van der Waals surface area contributed by atoms with E-state index in [1.165, 1.54) is 4.68 Å². The maximum Gasteiger partial charge on any atom is 0.282 e. The number of benzene rings is 1. The van der Waals surface area contributed by atoms with Crippen LogP contribution in [0.3, 0.4) is 0 Å². The molecule has 0 saturated carbocycles. The van der Waals surface area contributed by atoms with Crippen LogP contribution < -0.4 is 20.3 Å². The third-order valence-electron chi connectivity index (χ3n) is 3.05. The number of hydrogen-bond acceptors (Lipinski definition) is 5. The van der Waals surface area contributed by atoms with E-state index in [0.29, 0.717) is 16.7 Å². The van der Waals surface area contributed by atoms with Crippen molar-refractivity contribution >= 4 is 21.6 Å². The summed E-state index contributed by atoms with van der Waals surface area (Å²) in [6.45, 7) is 2.49. The minimum absolute atomic E-state index is 0.0793. The molecule has 0 fully saturated rings. The van der Waals surface area contributed by atoms with Crippen molar-refractivity contribution in [3.8, 4) is 11.5 Å². The first-order valence-corrected chi connectivity index (χ1v) is 7.57. The van der Waals surface area contributed by atoms with E-state index < -0.39 is 0 Å². The van der Waals surface area contributed by atoms with Crippen molar-refractivity contribution in [3.63, 3.8) is 0 Å². The van der Waals surface area contributed by atoms with Crippen molar-refractivity contribution in [1.29, 1.82) is 0 Å². The van der Waals surface area contributed by atoms with Crippen LogP contribution in [0.25, 0.3) is 0 Å². The number of aromatic nitrogens is 2. The average Bonchev–Trinajstić information content (AvgIpc) is 2.53. The van der Waals surface area contributed by atoms with E-state index in [1.54, 1.807) is 20.4 Å². The molecule has 7 heteroatoms. The summed E-state index contributed by atoms with van der Waals surface area (Å²) in [5.41, 5.74) is 0.460. The number of ether oxygens (including phenoxy) is 2.